The van der Waals surface area contributed by atoms with Crippen LogP contribution in [0.15, 0.2) is 24.3 Å². The molecule has 2 aliphatic heterocycles. The number of likely N-dealkylation sites (tertiary alicyclic amines) is 1. The fourth-order valence-electron chi connectivity index (χ4n) is 3.96. The summed E-state index contributed by atoms with van der Waals surface area (Å²) in [5.41, 5.74) is 3.90. The SMILES string of the molecule is Cc1[nH]nc(C(=O)N2CCCC(S(=O)(=O)N3CCc4ccccc43)C2)c1C. The molecule has 1 saturated heterocycles. The molecule has 8 heteroatoms. The minimum absolute atomic E-state index is 0.196. The van der Waals surface area contributed by atoms with Crippen molar-refractivity contribution in [2.75, 3.05) is 23.9 Å². The smallest absolute Gasteiger partial charge is 0.274 e. The molecule has 0 saturated carbocycles. The summed E-state index contributed by atoms with van der Waals surface area (Å²) in [7, 11) is -3.52. The van der Waals surface area contributed by atoms with Crippen LogP contribution in [0.5, 0.6) is 0 Å². The fourth-order valence-corrected chi connectivity index (χ4v) is 5.95. The maximum Gasteiger partial charge on any atom is 0.274 e. The molecule has 7 nitrogen and oxygen atoms in total. The Kier molecular flexibility index (Phi) is 4.46. The van der Waals surface area contributed by atoms with Gasteiger partial charge in [-0.15, -0.1) is 0 Å². The lowest BCUT2D eigenvalue weighted by Gasteiger charge is -2.34. The molecule has 0 aliphatic carbocycles. The van der Waals surface area contributed by atoms with Crippen LogP contribution in [0.1, 0.15) is 40.2 Å². The molecule has 1 fully saturated rings. The highest BCUT2D eigenvalue weighted by Crippen LogP contribution is 2.33. The number of hydrogen-bond donors (Lipinski definition) is 1. The lowest BCUT2D eigenvalue weighted by Crippen LogP contribution is -2.49. The van der Waals surface area contributed by atoms with Crippen molar-refractivity contribution in [2.45, 2.75) is 38.4 Å². The van der Waals surface area contributed by atoms with E-state index in [0.717, 1.165) is 28.9 Å². The summed E-state index contributed by atoms with van der Waals surface area (Å²) >= 11 is 0. The first-order chi connectivity index (χ1) is 12.9. The van der Waals surface area contributed by atoms with Crippen molar-refractivity contribution < 1.29 is 13.2 Å². The van der Waals surface area contributed by atoms with Crippen molar-refractivity contribution in [1.29, 1.82) is 0 Å². The molecule has 1 N–H and O–H groups in total. The number of nitrogens with one attached hydrogen (secondary N) is 1. The predicted molar refractivity (Wildman–Crippen MR) is 103 cm³/mol. The third-order valence-corrected chi connectivity index (χ3v) is 7.91. The molecule has 1 aromatic carbocycles. The molecule has 1 aromatic heterocycles. The number of piperidine rings is 1. The maximum absolute atomic E-state index is 13.3. The zero-order valence-corrected chi connectivity index (χ0v) is 16.4. The van der Waals surface area contributed by atoms with Gasteiger partial charge in [0, 0.05) is 30.9 Å². The van der Waals surface area contributed by atoms with Crippen LogP contribution < -0.4 is 4.31 Å². The lowest BCUT2D eigenvalue weighted by atomic mass is 10.1. The molecule has 1 atom stereocenters. The Hall–Kier alpha value is -2.35. The van der Waals surface area contributed by atoms with Crippen LogP contribution in [0.25, 0.3) is 0 Å². The molecule has 2 aliphatic rings. The van der Waals surface area contributed by atoms with Gasteiger partial charge in [-0.2, -0.15) is 5.10 Å². The van der Waals surface area contributed by atoms with Gasteiger partial charge in [-0.3, -0.25) is 14.2 Å². The molecule has 27 heavy (non-hydrogen) atoms. The Bertz CT molecular complexity index is 983. The third-order valence-electron chi connectivity index (χ3n) is 5.69. The minimum Gasteiger partial charge on any atom is -0.336 e. The van der Waals surface area contributed by atoms with E-state index in [0.29, 0.717) is 31.6 Å². The summed E-state index contributed by atoms with van der Waals surface area (Å²) in [4.78, 5) is 14.5. The van der Waals surface area contributed by atoms with E-state index in [9.17, 15) is 13.2 Å². The van der Waals surface area contributed by atoms with Gasteiger partial charge in [-0.1, -0.05) is 18.2 Å². The van der Waals surface area contributed by atoms with Crippen LogP contribution in [0.3, 0.4) is 0 Å². The van der Waals surface area contributed by atoms with Crippen LogP contribution in [-0.4, -0.2) is 54.3 Å². The summed E-state index contributed by atoms with van der Waals surface area (Å²) in [5, 5.41) is 6.36. The van der Waals surface area contributed by atoms with E-state index >= 15 is 0 Å². The second kappa shape index (κ2) is 6.67. The number of aromatic nitrogens is 2. The average molecular weight is 388 g/mol. The number of hydrogen-bond acceptors (Lipinski definition) is 4. The van der Waals surface area contributed by atoms with Gasteiger partial charge in [0.05, 0.1) is 10.9 Å². The predicted octanol–water partition coefficient (Wildman–Crippen LogP) is 2.02. The highest BCUT2D eigenvalue weighted by molar-refractivity contribution is 7.93. The van der Waals surface area contributed by atoms with E-state index in [1.165, 1.54) is 4.31 Å². The van der Waals surface area contributed by atoms with Crippen molar-refractivity contribution >= 4 is 21.6 Å². The number of anilines is 1. The standard InChI is InChI=1S/C19H24N4O3S/c1-13-14(2)20-21-18(13)19(24)22-10-5-7-16(12-22)27(25,26)23-11-9-15-6-3-4-8-17(15)23/h3-4,6,8,16H,5,7,9-12H2,1-2H3,(H,20,21). The van der Waals surface area contributed by atoms with Gasteiger partial charge < -0.3 is 4.90 Å². The number of para-hydroxylation sites is 1. The Balaban J connectivity index is 1.56. The number of aryl methyl sites for hydroxylation is 1. The number of H-pyrrole nitrogens is 1. The first-order valence-corrected chi connectivity index (χ1v) is 10.8. The Morgan fingerprint density at radius 2 is 2.00 bits per heavy atom. The minimum atomic E-state index is -3.52. The summed E-state index contributed by atoms with van der Waals surface area (Å²) in [6.45, 7) is 4.97. The molecule has 144 valence electrons. The van der Waals surface area contributed by atoms with Crippen LogP contribution in [-0.2, 0) is 16.4 Å². The quantitative estimate of drug-likeness (QED) is 0.872. The van der Waals surface area contributed by atoms with Gasteiger partial charge >= 0.3 is 0 Å². The number of carbonyl (C=O) groups is 1. The maximum atomic E-state index is 13.3. The highest BCUT2D eigenvalue weighted by Gasteiger charge is 2.39. The Morgan fingerprint density at radius 3 is 2.74 bits per heavy atom. The van der Waals surface area contributed by atoms with Gasteiger partial charge in [0.25, 0.3) is 5.91 Å². The van der Waals surface area contributed by atoms with Crippen molar-refractivity contribution in [3.8, 4) is 0 Å². The molecule has 2 aromatic rings. The van der Waals surface area contributed by atoms with Crippen molar-refractivity contribution in [2.24, 2.45) is 0 Å². The molecular formula is C19H24N4O3S. The average Bonchev–Trinajstić information content (AvgIpc) is 3.26. The van der Waals surface area contributed by atoms with Gasteiger partial charge in [-0.25, -0.2) is 8.42 Å². The number of rotatable bonds is 3. The summed E-state index contributed by atoms with van der Waals surface area (Å²) in [6, 6.07) is 7.64. The van der Waals surface area contributed by atoms with E-state index < -0.39 is 15.3 Å². The Labute approximate surface area is 159 Å². The molecule has 0 spiro atoms. The van der Waals surface area contributed by atoms with E-state index in [2.05, 4.69) is 10.2 Å². The van der Waals surface area contributed by atoms with Crippen LogP contribution in [0.4, 0.5) is 5.69 Å². The molecule has 1 amide bonds. The van der Waals surface area contributed by atoms with E-state index in [1.807, 2.05) is 38.1 Å². The number of sulfonamides is 1. The molecule has 3 heterocycles. The summed E-state index contributed by atoms with van der Waals surface area (Å²) in [6.07, 6.45) is 1.98. The first kappa shape index (κ1) is 18.0. The molecule has 4 rings (SSSR count). The fraction of sp³-hybridized carbons (Fsp3) is 0.474. The zero-order valence-electron chi connectivity index (χ0n) is 15.6. The van der Waals surface area contributed by atoms with Crippen LogP contribution >= 0.6 is 0 Å². The highest BCUT2D eigenvalue weighted by atomic mass is 32.2. The zero-order chi connectivity index (χ0) is 19.2. The van der Waals surface area contributed by atoms with Gasteiger partial charge in [0.1, 0.15) is 0 Å². The number of benzene rings is 1. The normalized spacial score (nSPS) is 20.0. The molecular weight excluding hydrogens is 364 g/mol. The van der Waals surface area contributed by atoms with E-state index in [4.69, 9.17) is 0 Å². The van der Waals surface area contributed by atoms with Gasteiger partial charge in [0.15, 0.2) is 5.69 Å². The van der Waals surface area contributed by atoms with E-state index in [1.54, 1.807) is 4.90 Å². The summed E-state index contributed by atoms with van der Waals surface area (Å²) in [5.74, 6) is -0.196. The van der Waals surface area contributed by atoms with Crippen LogP contribution in [0.2, 0.25) is 0 Å². The number of nitrogens with zero attached hydrogens (tertiary/aromatic N) is 3. The second-order valence-electron chi connectivity index (χ2n) is 7.33. The number of amides is 1. The third kappa shape index (κ3) is 3.01. The molecule has 0 bridgehead atoms. The first-order valence-electron chi connectivity index (χ1n) is 9.30. The van der Waals surface area contributed by atoms with Crippen molar-refractivity contribution in [3.05, 3.63) is 46.8 Å². The summed E-state index contributed by atoms with van der Waals surface area (Å²) < 4.78 is 28.1. The van der Waals surface area contributed by atoms with Crippen molar-refractivity contribution in [1.82, 2.24) is 15.1 Å². The molecule has 0 radical (unpaired) electrons. The van der Waals surface area contributed by atoms with Gasteiger partial charge in [0.2, 0.25) is 10.0 Å². The molecule has 1 unspecified atom stereocenters. The second-order valence-corrected chi connectivity index (χ2v) is 9.47. The monoisotopic (exact) mass is 388 g/mol. The number of carbonyl (C=O) groups excluding carboxylic acids is 1. The Morgan fingerprint density at radius 1 is 1.22 bits per heavy atom. The number of fused-ring (bicyclic) bond motifs is 1. The van der Waals surface area contributed by atoms with E-state index in [-0.39, 0.29) is 12.5 Å². The van der Waals surface area contributed by atoms with Gasteiger partial charge in [-0.05, 0) is 44.7 Å². The number of aromatic amines is 1. The lowest BCUT2D eigenvalue weighted by molar-refractivity contribution is 0.0720. The van der Waals surface area contributed by atoms with Crippen LogP contribution in [0, 0.1) is 13.8 Å². The van der Waals surface area contributed by atoms with Crippen molar-refractivity contribution in [3.63, 3.8) is 0 Å². The largest absolute Gasteiger partial charge is 0.336 e. The topological polar surface area (TPSA) is 86.4 Å².